The maximum absolute atomic E-state index is 14.8. The van der Waals surface area contributed by atoms with Gasteiger partial charge in [0.2, 0.25) is 21.8 Å². The van der Waals surface area contributed by atoms with Crippen molar-refractivity contribution in [3.63, 3.8) is 0 Å². The summed E-state index contributed by atoms with van der Waals surface area (Å²) in [5.41, 5.74) is -5.04. The number of nitrogens with zero attached hydrogens (tertiary/aromatic N) is 2. The van der Waals surface area contributed by atoms with Crippen LogP contribution in [0.2, 0.25) is 0 Å². The Kier molecular flexibility index (Phi) is 10.9. The number of carbonyl (C=O) groups excluding carboxylic acids is 4. The second kappa shape index (κ2) is 15.1. The van der Waals surface area contributed by atoms with Gasteiger partial charge in [-0.25, -0.2) is 18.2 Å². The van der Waals surface area contributed by atoms with Crippen molar-refractivity contribution in [1.29, 1.82) is 0 Å². The lowest BCUT2D eigenvalue weighted by Crippen LogP contribution is -2.70. The highest BCUT2D eigenvalue weighted by Crippen LogP contribution is 2.50. The molecule has 0 radical (unpaired) electrons. The number of nitrogens with one attached hydrogen (secondary N) is 3. The summed E-state index contributed by atoms with van der Waals surface area (Å²) in [5, 5.41) is 5.92. The van der Waals surface area contributed by atoms with E-state index >= 15 is 0 Å². The van der Waals surface area contributed by atoms with E-state index in [0.29, 0.717) is 56.1 Å². The van der Waals surface area contributed by atoms with E-state index in [2.05, 4.69) is 20.3 Å². The zero-order valence-corrected chi connectivity index (χ0v) is 34.7. The topological polar surface area (TPSA) is 182 Å². The molecule has 322 valence electrons. The minimum atomic E-state index is -4.93. The van der Waals surface area contributed by atoms with E-state index in [1.807, 2.05) is 12.2 Å². The Morgan fingerprint density at radius 3 is 2.44 bits per heavy atom. The number of pyridine rings is 1. The SMILES string of the molecule is COc1ccc2nc(C(F)(F)F)c3c(c2c1)CCC1(CC2C(=O)NC4(C(=O)NS(=O)(=O)C5(C)CC5)CCC4C=CCCCCCC(NC(=O)OC(C)(C)C)C(=O)N2C1)O3. The summed E-state index contributed by atoms with van der Waals surface area (Å²) in [6.45, 7) is 6.21. The number of benzene rings is 1. The van der Waals surface area contributed by atoms with Crippen LogP contribution < -0.4 is 24.8 Å². The van der Waals surface area contributed by atoms with Crippen LogP contribution in [-0.4, -0.2) is 89.3 Å². The first-order valence-corrected chi connectivity index (χ1v) is 21.7. The maximum atomic E-state index is 14.8. The molecule has 0 bridgehead atoms. The Hall–Kier alpha value is -4.61. The molecule has 1 spiro atoms. The van der Waals surface area contributed by atoms with Crippen LogP contribution in [0.25, 0.3) is 10.9 Å². The molecule has 14 nitrogen and oxygen atoms in total. The van der Waals surface area contributed by atoms with Gasteiger partial charge >= 0.3 is 12.3 Å². The van der Waals surface area contributed by atoms with E-state index in [0.717, 1.165) is 0 Å². The molecule has 4 heterocycles. The van der Waals surface area contributed by atoms with Crippen LogP contribution in [0.15, 0.2) is 30.4 Å². The number of halogens is 3. The van der Waals surface area contributed by atoms with E-state index in [9.17, 15) is 40.8 Å². The molecule has 2 aliphatic carbocycles. The number of sulfonamides is 1. The van der Waals surface area contributed by atoms with Gasteiger partial charge in [-0.3, -0.25) is 19.1 Å². The number of fused-ring (bicyclic) bond motifs is 5. The summed E-state index contributed by atoms with van der Waals surface area (Å²) in [7, 11) is -2.67. The Balaban J connectivity index is 1.29. The number of hydrogen-bond acceptors (Lipinski definition) is 10. The fraction of sp³-hybridized carbons (Fsp3) is 0.634. The number of hydrogen-bond donors (Lipinski definition) is 3. The minimum absolute atomic E-state index is 0.0659. The monoisotopic (exact) mass is 847 g/mol. The standard InChI is InChI=1S/C41H52F3N5O9S/c1-37(2,3)58-36(53)46-29-12-10-8-6-7-9-11-24-15-18-40(24,35(52)48-59(54,55)38(4)19-20-38)47-33(50)30-22-39(23-49(30)34(29)51)17-16-26-27-21-25(56-5)13-14-28(27)45-32(31(26)57-39)41(42,43)44/h9,11,13-14,21,24,29-30H,6-8,10,12,15-20,22-23H2,1-5H3,(H,46,53)(H,47,50)(H,48,52). The Bertz CT molecular complexity index is 2190. The van der Waals surface area contributed by atoms with Crippen LogP contribution in [0.5, 0.6) is 11.5 Å². The van der Waals surface area contributed by atoms with E-state index in [4.69, 9.17) is 14.2 Å². The van der Waals surface area contributed by atoms with Crippen molar-refractivity contribution in [2.75, 3.05) is 13.7 Å². The lowest BCUT2D eigenvalue weighted by molar-refractivity contribution is -0.145. The van der Waals surface area contributed by atoms with Crippen molar-refractivity contribution in [1.82, 2.24) is 25.2 Å². The van der Waals surface area contributed by atoms with Crippen molar-refractivity contribution < 1.29 is 55.0 Å². The molecular weight excluding hydrogens is 796 g/mol. The number of alkyl carbamates (subject to hydrolysis) is 1. The molecule has 2 saturated carbocycles. The predicted molar refractivity (Wildman–Crippen MR) is 209 cm³/mol. The fourth-order valence-corrected chi connectivity index (χ4v) is 9.96. The Morgan fingerprint density at radius 1 is 1.05 bits per heavy atom. The van der Waals surface area contributed by atoms with Gasteiger partial charge in [0.25, 0.3) is 5.91 Å². The molecule has 7 rings (SSSR count). The molecule has 5 unspecified atom stereocenters. The molecule has 3 N–H and O–H groups in total. The first kappa shape index (κ1) is 42.5. The second-order valence-electron chi connectivity index (χ2n) is 17.9. The summed E-state index contributed by atoms with van der Waals surface area (Å²) < 4.78 is 89.3. The third-order valence-corrected chi connectivity index (χ3v) is 14.6. The number of methoxy groups -OCH3 is 1. The van der Waals surface area contributed by atoms with Crippen molar-refractivity contribution in [2.45, 2.75) is 144 Å². The highest BCUT2D eigenvalue weighted by molar-refractivity contribution is 7.91. The number of ether oxygens (including phenoxy) is 3. The van der Waals surface area contributed by atoms with Crippen LogP contribution in [0, 0.1) is 5.92 Å². The van der Waals surface area contributed by atoms with Crippen molar-refractivity contribution >= 4 is 44.7 Å². The molecule has 3 fully saturated rings. The number of carbonyl (C=O) groups is 4. The van der Waals surface area contributed by atoms with Crippen molar-refractivity contribution in [3.05, 3.63) is 41.6 Å². The van der Waals surface area contributed by atoms with Crippen LogP contribution in [0.3, 0.4) is 0 Å². The largest absolute Gasteiger partial charge is 0.497 e. The molecule has 3 aliphatic heterocycles. The average Bonchev–Trinajstić information content (AvgIpc) is 3.81. The molecule has 2 aromatic rings. The Morgan fingerprint density at radius 2 is 1.80 bits per heavy atom. The zero-order chi connectivity index (χ0) is 42.8. The molecule has 59 heavy (non-hydrogen) atoms. The summed E-state index contributed by atoms with van der Waals surface area (Å²) in [5.74, 6) is -3.08. The highest BCUT2D eigenvalue weighted by atomic mass is 32.2. The van der Waals surface area contributed by atoms with Gasteiger partial charge in [-0.05, 0) is 104 Å². The summed E-state index contributed by atoms with van der Waals surface area (Å²) >= 11 is 0. The Labute approximate surface area is 341 Å². The molecule has 5 aliphatic rings. The smallest absolute Gasteiger partial charge is 0.437 e. The number of rotatable bonds is 5. The molecule has 4 amide bonds. The van der Waals surface area contributed by atoms with Crippen molar-refractivity contribution in [2.24, 2.45) is 5.92 Å². The zero-order valence-electron chi connectivity index (χ0n) is 33.9. The van der Waals surface area contributed by atoms with Gasteiger partial charge in [-0.1, -0.05) is 25.0 Å². The van der Waals surface area contributed by atoms with E-state index in [1.54, 1.807) is 26.8 Å². The fourth-order valence-electron chi connectivity index (χ4n) is 8.65. The number of aromatic nitrogens is 1. The van der Waals surface area contributed by atoms with E-state index < -0.39 is 90.9 Å². The van der Waals surface area contributed by atoms with Gasteiger partial charge in [-0.15, -0.1) is 0 Å². The van der Waals surface area contributed by atoms with Crippen LogP contribution in [0.1, 0.15) is 110 Å². The van der Waals surface area contributed by atoms with Crippen LogP contribution in [0.4, 0.5) is 18.0 Å². The minimum Gasteiger partial charge on any atom is -0.497 e. The van der Waals surface area contributed by atoms with Gasteiger partial charge in [0, 0.05) is 23.3 Å². The average molecular weight is 848 g/mol. The predicted octanol–water partition coefficient (Wildman–Crippen LogP) is 5.60. The van der Waals surface area contributed by atoms with Gasteiger partial charge in [-0.2, -0.15) is 13.2 Å². The summed E-state index contributed by atoms with van der Waals surface area (Å²) in [6.07, 6.45) is 1.76. The lowest BCUT2D eigenvalue weighted by atomic mass is 9.65. The molecule has 1 saturated heterocycles. The molecule has 1 aromatic heterocycles. The van der Waals surface area contributed by atoms with Gasteiger partial charge in [0.15, 0.2) is 11.4 Å². The normalized spacial score (nSPS) is 28.4. The third kappa shape index (κ3) is 8.29. The summed E-state index contributed by atoms with van der Waals surface area (Å²) in [6, 6.07) is 1.95. The molecule has 5 atom stereocenters. The lowest BCUT2D eigenvalue weighted by Gasteiger charge is -2.48. The third-order valence-electron chi connectivity index (χ3n) is 12.4. The van der Waals surface area contributed by atoms with E-state index in [1.165, 1.54) is 31.1 Å². The first-order valence-electron chi connectivity index (χ1n) is 20.2. The maximum Gasteiger partial charge on any atom is 0.437 e. The molecule has 18 heteroatoms. The van der Waals surface area contributed by atoms with Crippen LogP contribution in [-0.2, 0) is 41.7 Å². The molecule has 1 aromatic carbocycles. The summed E-state index contributed by atoms with van der Waals surface area (Å²) in [4.78, 5) is 62.0. The van der Waals surface area contributed by atoms with Crippen LogP contribution >= 0.6 is 0 Å². The quantitative estimate of drug-likeness (QED) is 0.321. The highest BCUT2D eigenvalue weighted by Gasteiger charge is 2.60. The first-order chi connectivity index (χ1) is 27.6. The number of aryl methyl sites for hydroxylation is 1. The number of alkyl halides is 3. The van der Waals surface area contributed by atoms with Gasteiger partial charge in [0.1, 0.15) is 34.6 Å². The van der Waals surface area contributed by atoms with Crippen molar-refractivity contribution in [3.8, 4) is 11.5 Å². The van der Waals surface area contributed by atoms with Gasteiger partial charge in [0.05, 0.1) is 23.9 Å². The second-order valence-corrected chi connectivity index (χ2v) is 20.1. The molecular formula is C41H52F3N5O9S. The number of amides is 4. The van der Waals surface area contributed by atoms with E-state index in [-0.39, 0.29) is 49.7 Å². The number of allylic oxidation sites excluding steroid dienone is 1. The van der Waals surface area contributed by atoms with Gasteiger partial charge < -0.3 is 29.7 Å².